The first-order valence-electron chi connectivity index (χ1n) is 7.55. The predicted molar refractivity (Wildman–Crippen MR) is 75.9 cm³/mol. The number of piperidine rings is 1. The van der Waals surface area contributed by atoms with Crippen molar-refractivity contribution in [1.29, 1.82) is 0 Å². The fourth-order valence-corrected chi connectivity index (χ4v) is 3.01. The number of rotatable bonds is 2. The van der Waals surface area contributed by atoms with Crippen molar-refractivity contribution < 1.29 is 23.8 Å². The van der Waals surface area contributed by atoms with E-state index in [1.165, 1.54) is 0 Å². The fourth-order valence-electron chi connectivity index (χ4n) is 3.01. The third-order valence-corrected chi connectivity index (χ3v) is 3.86. The zero-order valence-electron chi connectivity index (χ0n) is 13.3. The van der Waals surface area contributed by atoms with Crippen LogP contribution in [0.5, 0.6) is 0 Å². The summed E-state index contributed by atoms with van der Waals surface area (Å²) in [5.74, 6) is -0.717. The summed E-state index contributed by atoms with van der Waals surface area (Å²) in [6.07, 6.45) is 2.01. The number of ether oxygens (including phenoxy) is 3. The number of aldehydes is 1. The highest BCUT2D eigenvalue weighted by Gasteiger charge is 2.50. The Kier molecular flexibility index (Phi) is 4.58. The number of carbonyl (C=O) groups is 2. The highest BCUT2D eigenvalue weighted by Crippen LogP contribution is 2.38. The van der Waals surface area contributed by atoms with Gasteiger partial charge in [-0.1, -0.05) is 6.92 Å². The zero-order chi connectivity index (χ0) is 15.7. The van der Waals surface area contributed by atoms with Gasteiger partial charge in [-0.3, -0.25) is 4.90 Å². The fraction of sp³-hybridized carbons (Fsp3) is 0.867. The van der Waals surface area contributed by atoms with E-state index in [-0.39, 0.29) is 6.04 Å². The standard InChI is InChI=1S/C15H25NO5/c1-5-11-8-15(19-6-7-20-15)9-12(10-17)16(11)13(18)21-14(2,3)4/h10-12H,5-9H2,1-4H3. The molecule has 6 nitrogen and oxygen atoms in total. The third-order valence-electron chi connectivity index (χ3n) is 3.86. The van der Waals surface area contributed by atoms with E-state index in [0.717, 1.165) is 12.7 Å². The highest BCUT2D eigenvalue weighted by atomic mass is 16.7. The molecule has 1 amide bonds. The maximum atomic E-state index is 12.4. The van der Waals surface area contributed by atoms with Crippen molar-refractivity contribution in [2.24, 2.45) is 0 Å². The Labute approximate surface area is 125 Å². The SMILES string of the molecule is CCC1CC2(CC(C=O)N1C(=O)OC(C)(C)C)OCCO2. The largest absolute Gasteiger partial charge is 0.444 e. The Hall–Kier alpha value is -1.14. The second-order valence-corrected chi connectivity index (χ2v) is 6.67. The van der Waals surface area contributed by atoms with Crippen LogP contribution in [-0.4, -0.2) is 54.0 Å². The van der Waals surface area contributed by atoms with Crippen LogP contribution in [0.15, 0.2) is 0 Å². The van der Waals surface area contributed by atoms with Crippen molar-refractivity contribution in [3.63, 3.8) is 0 Å². The molecule has 2 fully saturated rings. The van der Waals surface area contributed by atoms with Crippen molar-refractivity contribution in [3.8, 4) is 0 Å². The van der Waals surface area contributed by atoms with Crippen molar-refractivity contribution >= 4 is 12.4 Å². The Morgan fingerprint density at radius 3 is 2.43 bits per heavy atom. The molecule has 0 N–H and O–H groups in total. The van der Waals surface area contributed by atoms with Crippen molar-refractivity contribution in [1.82, 2.24) is 4.90 Å². The van der Waals surface area contributed by atoms with Gasteiger partial charge in [0.15, 0.2) is 5.79 Å². The highest BCUT2D eigenvalue weighted by molar-refractivity contribution is 5.74. The van der Waals surface area contributed by atoms with Crippen LogP contribution in [0.3, 0.4) is 0 Å². The molecule has 2 aliphatic heterocycles. The van der Waals surface area contributed by atoms with Crippen LogP contribution < -0.4 is 0 Å². The smallest absolute Gasteiger partial charge is 0.411 e. The molecule has 2 atom stereocenters. The van der Waals surface area contributed by atoms with Crippen LogP contribution in [0.1, 0.15) is 47.0 Å². The lowest BCUT2D eigenvalue weighted by atomic mass is 9.89. The quantitative estimate of drug-likeness (QED) is 0.731. The van der Waals surface area contributed by atoms with Gasteiger partial charge in [0, 0.05) is 18.9 Å². The molecule has 0 aromatic heterocycles. The zero-order valence-corrected chi connectivity index (χ0v) is 13.3. The van der Waals surface area contributed by atoms with Crippen LogP contribution in [0.25, 0.3) is 0 Å². The molecule has 6 heteroatoms. The van der Waals surface area contributed by atoms with E-state index in [9.17, 15) is 9.59 Å². The molecule has 120 valence electrons. The molecular formula is C15H25NO5. The van der Waals surface area contributed by atoms with Gasteiger partial charge in [-0.05, 0) is 27.2 Å². The second-order valence-electron chi connectivity index (χ2n) is 6.67. The molecule has 21 heavy (non-hydrogen) atoms. The Bertz CT molecular complexity index is 397. The average molecular weight is 299 g/mol. The van der Waals surface area contributed by atoms with Gasteiger partial charge >= 0.3 is 6.09 Å². The normalized spacial score (nSPS) is 28.7. The van der Waals surface area contributed by atoms with Crippen LogP contribution in [-0.2, 0) is 19.0 Å². The minimum absolute atomic E-state index is 0.123. The monoisotopic (exact) mass is 299 g/mol. The van der Waals surface area contributed by atoms with Gasteiger partial charge < -0.3 is 19.0 Å². The number of amides is 1. The summed E-state index contributed by atoms with van der Waals surface area (Å²) in [7, 11) is 0. The van der Waals surface area contributed by atoms with Crippen molar-refractivity contribution in [2.45, 2.75) is 70.4 Å². The van der Waals surface area contributed by atoms with Gasteiger partial charge in [-0.15, -0.1) is 0 Å². The second kappa shape index (κ2) is 5.93. The molecule has 0 aromatic carbocycles. The van der Waals surface area contributed by atoms with Gasteiger partial charge in [0.2, 0.25) is 0 Å². The van der Waals surface area contributed by atoms with Gasteiger partial charge in [0.25, 0.3) is 0 Å². The van der Waals surface area contributed by atoms with Gasteiger partial charge in [-0.2, -0.15) is 0 Å². The van der Waals surface area contributed by atoms with Crippen molar-refractivity contribution in [2.75, 3.05) is 13.2 Å². The minimum Gasteiger partial charge on any atom is -0.444 e. The Balaban J connectivity index is 2.19. The van der Waals surface area contributed by atoms with Crippen LogP contribution >= 0.6 is 0 Å². The molecule has 2 aliphatic rings. The van der Waals surface area contributed by atoms with E-state index >= 15 is 0 Å². The molecule has 2 saturated heterocycles. The lowest BCUT2D eigenvalue weighted by Crippen LogP contribution is -2.59. The molecule has 2 unspecified atom stereocenters. The van der Waals surface area contributed by atoms with Crippen LogP contribution in [0.4, 0.5) is 4.79 Å². The van der Waals surface area contributed by atoms with E-state index in [1.807, 2.05) is 27.7 Å². The Morgan fingerprint density at radius 2 is 1.95 bits per heavy atom. The summed E-state index contributed by atoms with van der Waals surface area (Å²) < 4.78 is 16.9. The number of nitrogens with zero attached hydrogens (tertiary/aromatic N) is 1. The van der Waals surface area contributed by atoms with E-state index < -0.39 is 23.5 Å². The predicted octanol–water partition coefficient (Wildman–Crippen LogP) is 2.11. The summed E-state index contributed by atoms with van der Waals surface area (Å²) in [4.78, 5) is 25.5. The van der Waals surface area contributed by atoms with E-state index in [2.05, 4.69) is 0 Å². The molecule has 1 spiro atoms. The number of carbonyl (C=O) groups excluding carboxylic acids is 2. The van der Waals surface area contributed by atoms with E-state index in [1.54, 1.807) is 4.90 Å². The lowest BCUT2D eigenvalue weighted by molar-refractivity contribution is -0.204. The molecular weight excluding hydrogens is 274 g/mol. The number of hydrogen-bond acceptors (Lipinski definition) is 5. The first kappa shape index (κ1) is 16.2. The molecule has 2 rings (SSSR count). The molecule has 0 aliphatic carbocycles. The summed E-state index contributed by atoms with van der Waals surface area (Å²) in [5.41, 5.74) is -0.585. The summed E-state index contributed by atoms with van der Waals surface area (Å²) in [6, 6.07) is -0.696. The van der Waals surface area contributed by atoms with Crippen LogP contribution in [0.2, 0.25) is 0 Å². The first-order chi connectivity index (χ1) is 9.80. The summed E-state index contributed by atoms with van der Waals surface area (Å²) >= 11 is 0. The molecule has 0 aromatic rings. The maximum absolute atomic E-state index is 12.4. The summed E-state index contributed by atoms with van der Waals surface area (Å²) in [5, 5.41) is 0. The third kappa shape index (κ3) is 3.55. The first-order valence-corrected chi connectivity index (χ1v) is 7.55. The summed E-state index contributed by atoms with van der Waals surface area (Å²) in [6.45, 7) is 8.50. The number of likely N-dealkylation sites (tertiary alicyclic amines) is 1. The van der Waals surface area contributed by atoms with Gasteiger partial charge in [-0.25, -0.2) is 4.79 Å². The molecule has 0 saturated carbocycles. The van der Waals surface area contributed by atoms with E-state index in [4.69, 9.17) is 14.2 Å². The molecule has 2 heterocycles. The Morgan fingerprint density at radius 1 is 1.33 bits per heavy atom. The molecule has 0 radical (unpaired) electrons. The van der Waals surface area contributed by atoms with Crippen molar-refractivity contribution in [3.05, 3.63) is 0 Å². The maximum Gasteiger partial charge on any atom is 0.411 e. The van der Waals surface area contributed by atoms with Crippen LogP contribution in [0, 0.1) is 0 Å². The topological polar surface area (TPSA) is 65.1 Å². The van der Waals surface area contributed by atoms with Gasteiger partial charge in [0.1, 0.15) is 11.9 Å². The number of hydrogen-bond donors (Lipinski definition) is 0. The van der Waals surface area contributed by atoms with Gasteiger partial charge in [0.05, 0.1) is 19.3 Å². The average Bonchev–Trinajstić information content (AvgIpc) is 2.83. The van der Waals surface area contributed by atoms with E-state index in [0.29, 0.717) is 26.1 Å². The lowest BCUT2D eigenvalue weighted by Gasteiger charge is -2.46. The molecule has 0 bridgehead atoms. The minimum atomic E-state index is -0.717.